The van der Waals surface area contributed by atoms with Crippen molar-refractivity contribution in [3.8, 4) is 5.75 Å². The van der Waals surface area contributed by atoms with Crippen molar-refractivity contribution in [2.45, 2.75) is 43.8 Å². The molecule has 1 saturated heterocycles. The average molecular weight is 424 g/mol. The molecule has 2 amide bonds. The standard InChI is InChI=1S/C24H29N3O4/c1-26(19(16-28)14-17-6-3-2-4-7-17)24(31)22-8-5-13-27(22)23(30)21(25)15-18-9-11-20(29)12-10-18/h2-4,6-7,9-12,16,19,21-22,29H,5,8,13-15,25H2,1H3/t19-,21-,22-/m0/s1. The van der Waals surface area contributed by atoms with Crippen molar-refractivity contribution < 1.29 is 19.5 Å². The zero-order valence-electron chi connectivity index (χ0n) is 17.7. The third-order valence-electron chi connectivity index (χ3n) is 5.82. The second kappa shape index (κ2) is 10.2. The van der Waals surface area contributed by atoms with E-state index in [4.69, 9.17) is 5.73 Å². The number of likely N-dealkylation sites (tertiary alicyclic amines) is 1. The molecule has 3 N–H and O–H groups in total. The number of hydrogen-bond acceptors (Lipinski definition) is 5. The molecule has 0 radical (unpaired) electrons. The van der Waals surface area contributed by atoms with Crippen LogP contribution >= 0.6 is 0 Å². The van der Waals surface area contributed by atoms with Gasteiger partial charge in [-0.2, -0.15) is 0 Å². The van der Waals surface area contributed by atoms with Gasteiger partial charge in [-0.15, -0.1) is 0 Å². The summed E-state index contributed by atoms with van der Waals surface area (Å²) in [5, 5.41) is 9.41. The van der Waals surface area contributed by atoms with Crippen LogP contribution in [0.4, 0.5) is 0 Å². The number of rotatable bonds is 8. The highest BCUT2D eigenvalue weighted by molar-refractivity contribution is 5.91. The molecular formula is C24H29N3O4. The average Bonchev–Trinajstić information content (AvgIpc) is 3.28. The van der Waals surface area contributed by atoms with Gasteiger partial charge in [-0.3, -0.25) is 9.59 Å². The SMILES string of the molecule is CN(C(=O)[C@@H]1CCCN1C(=O)[C@@H](N)Cc1ccc(O)cc1)[C@H](C=O)Cc1ccccc1. The third-order valence-corrected chi connectivity index (χ3v) is 5.82. The van der Waals surface area contributed by atoms with Gasteiger partial charge in [-0.25, -0.2) is 0 Å². The van der Waals surface area contributed by atoms with Crippen LogP contribution in [0.15, 0.2) is 54.6 Å². The van der Waals surface area contributed by atoms with Gasteiger partial charge in [0, 0.05) is 13.6 Å². The molecule has 7 heteroatoms. The van der Waals surface area contributed by atoms with Gasteiger partial charge in [-0.05, 0) is 48.9 Å². The molecule has 1 aliphatic heterocycles. The Labute approximate surface area is 182 Å². The Hall–Kier alpha value is -3.19. The Morgan fingerprint density at radius 2 is 1.77 bits per heavy atom. The van der Waals surface area contributed by atoms with Crippen LogP contribution in [0.1, 0.15) is 24.0 Å². The van der Waals surface area contributed by atoms with Gasteiger partial charge >= 0.3 is 0 Å². The number of carbonyl (C=O) groups is 3. The minimum absolute atomic E-state index is 0.150. The Bertz CT molecular complexity index is 901. The van der Waals surface area contributed by atoms with E-state index < -0.39 is 18.1 Å². The molecule has 3 rings (SSSR count). The minimum Gasteiger partial charge on any atom is -0.508 e. The molecule has 3 atom stereocenters. The number of phenolic OH excluding ortho intramolecular Hbond substituents is 1. The first-order valence-corrected chi connectivity index (χ1v) is 10.5. The number of carbonyl (C=O) groups excluding carboxylic acids is 3. The molecule has 0 bridgehead atoms. The van der Waals surface area contributed by atoms with Gasteiger partial charge in [0.2, 0.25) is 11.8 Å². The fraction of sp³-hybridized carbons (Fsp3) is 0.375. The van der Waals surface area contributed by atoms with E-state index in [1.807, 2.05) is 30.3 Å². The first-order chi connectivity index (χ1) is 14.9. The number of hydrogen-bond donors (Lipinski definition) is 2. The summed E-state index contributed by atoms with van der Waals surface area (Å²) >= 11 is 0. The van der Waals surface area contributed by atoms with E-state index in [-0.39, 0.29) is 17.6 Å². The molecule has 31 heavy (non-hydrogen) atoms. The number of nitrogens with two attached hydrogens (primary N) is 1. The quantitative estimate of drug-likeness (QED) is 0.627. The van der Waals surface area contributed by atoms with Crippen LogP contribution in [0.5, 0.6) is 5.75 Å². The molecule has 1 aliphatic rings. The normalized spacial score (nSPS) is 17.7. The van der Waals surface area contributed by atoms with E-state index in [1.165, 1.54) is 4.90 Å². The lowest BCUT2D eigenvalue weighted by Gasteiger charge is -2.32. The van der Waals surface area contributed by atoms with Crippen LogP contribution in [-0.2, 0) is 27.2 Å². The van der Waals surface area contributed by atoms with E-state index in [1.54, 1.807) is 36.2 Å². The summed E-state index contributed by atoms with van der Waals surface area (Å²) in [7, 11) is 1.61. The Kier molecular flexibility index (Phi) is 7.41. The van der Waals surface area contributed by atoms with Crippen LogP contribution in [0, 0.1) is 0 Å². The number of aromatic hydroxyl groups is 1. The summed E-state index contributed by atoms with van der Waals surface area (Å²) in [6, 6.07) is 14.1. The Morgan fingerprint density at radius 1 is 1.13 bits per heavy atom. The first kappa shape index (κ1) is 22.5. The fourth-order valence-electron chi connectivity index (χ4n) is 4.00. The molecule has 0 spiro atoms. The Balaban J connectivity index is 1.66. The lowest BCUT2D eigenvalue weighted by atomic mass is 10.0. The highest BCUT2D eigenvalue weighted by atomic mass is 16.3. The zero-order chi connectivity index (χ0) is 22.4. The molecule has 0 aliphatic carbocycles. The van der Waals surface area contributed by atoms with E-state index >= 15 is 0 Å². The van der Waals surface area contributed by atoms with Crippen molar-refractivity contribution in [2.24, 2.45) is 5.73 Å². The van der Waals surface area contributed by atoms with Gasteiger partial charge in [0.05, 0.1) is 12.1 Å². The summed E-state index contributed by atoms with van der Waals surface area (Å²) in [5.74, 6) is -0.365. The molecule has 0 saturated carbocycles. The van der Waals surface area contributed by atoms with Gasteiger partial charge in [0.25, 0.3) is 0 Å². The lowest BCUT2D eigenvalue weighted by molar-refractivity contribution is -0.145. The smallest absolute Gasteiger partial charge is 0.245 e. The van der Waals surface area contributed by atoms with E-state index in [2.05, 4.69) is 0 Å². The van der Waals surface area contributed by atoms with Crippen molar-refractivity contribution in [3.05, 3.63) is 65.7 Å². The molecule has 0 aromatic heterocycles. The van der Waals surface area contributed by atoms with Crippen molar-refractivity contribution in [1.29, 1.82) is 0 Å². The number of aldehydes is 1. The maximum absolute atomic E-state index is 13.2. The monoisotopic (exact) mass is 423 g/mol. The second-order valence-corrected chi connectivity index (χ2v) is 8.01. The highest BCUT2D eigenvalue weighted by Crippen LogP contribution is 2.22. The number of likely N-dealkylation sites (N-methyl/N-ethyl adjacent to an activating group) is 1. The topological polar surface area (TPSA) is 104 Å². The molecular weight excluding hydrogens is 394 g/mol. The maximum Gasteiger partial charge on any atom is 0.245 e. The van der Waals surface area contributed by atoms with Gasteiger partial charge in [0.1, 0.15) is 18.1 Å². The number of amides is 2. The molecule has 0 unspecified atom stereocenters. The predicted molar refractivity (Wildman–Crippen MR) is 117 cm³/mol. The van der Waals surface area contributed by atoms with Crippen molar-refractivity contribution in [2.75, 3.05) is 13.6 Å². The predicted octanol–water partition coefficient (Wildman–Crippen LogP) is 1.52. The summed E-state index contributed by atoms with van der Waals surface area (Å²) in [6.07, 6.45) is 2.79. The lowest BCUT2D eigenvalue weighted by Crippen LogP contribution is -2.54. The number of benzene rings is 2. The molecule has 2 aromatic carbocycles. The summed E-state index contributed by atoms with van der Waals surface area (Å²) < 4.78 is 0. The summed E-state index contributed by atoms with van der Waals surface area (Å²) in [5.41, 5.74) is 7.96. The van der Waals surface area contributed by atoms with Crippen LogP contribution in [-0.4, -0.2) is 64.7 Å². The van der Waals surface area contributed by atoms with E-state index in [0.717, 1.165) is 17.4 Å². The molecule has 1 fully saturated rings. The van der Waals surface area contributed by atoms with Gasteiger partial charge in [-0.1, -0.05) is 42.5 Å². The zero-order valence-corrected chi connectivity index (χ0v) is 17.7. The third kappa shape index (κ3) is 5.49. The fourth-order valence-corrected chi connectivity index (χ4v) is 4.00. The van der Waals surface area contributed by atoms with Crippen molar-refractivity contribution in [3.63, 3.8) is 0 Å². The van der Waals surface area contributed by atoms with Crippen LogP contribution in [0.2, 0.25) is 0 Å². The van der Waals surface area contributed by atoms with Crippen LogP contribution in [0.3, 0.4) is 0 Å². The second-order valence-electron chi connectivity index (χ2n) is 8.01. The molecule has 1 heterocycles. The van der Waals surface area contributed by atoms with Crippen molar-refractivity contribution in [1.82, 2.24) is 9.80 Å². The number of phenols is 1. The van der Waals surface area contributed by atoms with Gasteiger partial charge < -0.3 is 25.4 Å². The van der Waals surface area contributed by atoms with Crippen molar-refractivity contribution >= 4 is 18.1 Å². The first-order valence-electron chi connectivity index (χ1n) is 10.5. The van der Waals surface area contributed by atoms with Gasteiger partial charge in [0.15, 0.2) is 0 Å². The highest BCUT2D eigenvalue weighted by Gasteiger charge is 2.38. The van der Waals surface area contributed by atoms with E-state index in [9.17, 15) is 19.5 Å². The minimum atomic E-state index is -0.783. The van der Waals surface area contributed by atoms with Crippen LogP contribution in [0.25, 0.3) is 0 Å². The molecule has 7 nitrogen and oxygen atoms in total. The van der Waals surface area contributed by atoms with Crippen LogP contribution < -0.4 is 5.73 Å². The molecule has 2 aromatic rings. The Morgan fingerprint density at radius 3 is 2.42 bits per heavy atom. The molecule has 164 valence electrons. The summed E-state index contributed by atoms with van der Waals surface area (Å²) in [6.45, 7) is 0.469. The summed E-state index contributed by atoms with van der Waals surface area (Å²) in [4.78, 5) is 40.9. The maximum atomic E-state index is 13.2. The van der Waals surface area contributed by atoms with E-state index in [0.29, 0.717) is 32.2 Å². The largest absolute Gasteiger partial charge is 0.508 e. The number of nitrogens with zero attached hydrogens (tertiary/aromatic N) is 2.